The van der Waals surface area contributed by atoms with Gasteiger partial charge in [-0.25, -0.2) is 4.39 Å². The van der Waals surface area contributed by atoms with Gasteiger partial charge in [0.25, 0.3) is 0 Å². The Kier molecular flexibility index (Phi) is 4.56. The molecule has 0 saturated heterocycles. The van der Waals surface area contributed by atoms with E-state index in [0.717, 1.165) is 16.7 Å². The van der Waals surface area contributed by atoms with Crippen LogP contribution in [0.2, 0.25) is 0 Å². The SMILES string of the molecule is CNC(c1c(C)cc(C)cc1F)C(C)c1ccccc1. The molecule has 0 aliphatic heterocycles. The van der Waals surface area contributed by atoms with Crippen molar-refractivity contribution < 1.29 is 4.39 Å². The van der Waals surface area contributed by atoms with E-state index in [2.05, 4.69) is 24.4 Å². The Bertz CT molecular complexity index is 554. The minimum atomic E-state index is -0.121. The molecule has 2 unspecified atom stereocenters. The molecule has 2 rings (SSSR count). The first kappa shape index (κ1) is 14.7. The van der Waals surface area contributed by atoms with Crippen LogP contribution >= 0.6 is 0 Å². The Morgan fingerprint density at radius 3 is 2.25 bits per heavy atom. The maximum Gasteiger partial charge on any atom is 0.128 e. The maximum atomic E-state index is 14.4. The fraction of sp³-hybridized carbons (Fsp3) is 0.333. The normalized spacial score (nSPS) is 14.1. The van der Waals surface area contributed by atoms with E-state index in [1.165, 1.54) is 5.56 Å². The maximum absolute atomic E-state index is 14.4. The van der Waals surface area contributed by atoms with Crippen LogP contribution < -0.4 is 5.32 Å². The van der Waals surface area contributed by atoms with Crippen LogP contribution in [0.15, 0.2) is 42.5 Å². The highest BCUT2D eigenvalue weighted by Gasteiger charge is 2.23. The lowest BCUT2D eigenvalue weighted by atomic mass is 9.86. The van der Waals surface area contributed by atoms with Crippen molar-refractivity contribution >= 4 is 0 Å². The quantitative estimate of drug-likeness (QED) is 0.863. The summed E-state index contributed by atoms with van der Waals surface area (Å²) < 4.78 is 14.4. The molecule has 0 radical (unpaired) electrons. The van der Waals surface area contributed by atoms with Crippen LogP contribution in [0.5, 0.6) is 0 Å². The van der Waals surface area contributed by atoms with Crippen LogP contribution in [0.1, 0.15) is 41.1 Å². The number of aryl methyl sites for hydroxylation is 2. The molecule has 0 saturated carbocycles. The molecule has 0 aliphatic rings. The van der Waals surface area contributed by atoms with Gasteiger partial charge in [0, 0.05) is 17.5 Å². The van der Waals surface area contributed by atoms with Gasteiger partial charge in [0.2, 0.25) is 0 Å². The Balaban J connectivity index is 2.43. The zero-order valence-corrected chi connectivity index (χ0v) is 12.6. The molecule has 0 bridgehead atoms. The van der Waals surface area contributed by atoms with Gasteiger partial charge in [-0.05, 0) is 43.7 Å². The molecule has 2 aromatic carbocycles. The summed E-state index contributed by atoms with van der Waals surface area (Å²) in [5.74, 6) is 0.0849. The van der Waals surface area contributed by atoms with E-state index in [0.29, 0.717) is 0 Å². The number of halogens is 1. The Morgan fingerprint density at radius 1 is 1.05 bits per heavy atom. The van der Waals surface area contributed by atoms with Gasteiger partial charge in [-0.15, -0.1) is 0 Å². The largest absolute Gasteiger partial charge is 0.312 e. The molecule has 0 aromatic heterocycles. The van der Waals surface area contributed by atoms with E-state index >= 15 is 0 Å². The van der Waals surface area contributed by atoms with Crippen molar-refractivity contribution in [2.75, 3.05) is 7.05 Å². The topological polar surface area (TPSA) is 12.0 Å². The summed E-state index contributed by atoms with van der Waals surface area (Å²) in [5, 5.41) is 3.28. The van der Waals surface area contributed by atoms with Crippen LogP contribution in [0, 0.1) is 19.7 Å². The van der Waals surface area contributed by atoms with Crippen LogP contribution in [-0.4, -0.2) is 7.05 Å². The molecule has 2 atom stereocenters. The van der Waals surface area contributed by atoms with Gasteiger partial charge < -0.3 is 5.32 Å². The number of hydrogen-bond donors (Lipinski definition) is 1. The van der Waals surface area contributed by atoms with E-state index in [9.17, 15) is 4.39 Å². The third kappa shape index (κ3) is 2.91. The van der Waals surface area contributed by atoms with Gasteiger partial charge >= 0.3 is 0 Å². The molecule has 2 heteroatoms. The predicted octanol–water partition coefficient (Wildman–Crippen LogP) is 4.51. The Labute approximate surface area is 120 Å². The molecule has 0 spiro atoms. The summed E-state index contributed by atoms with van der Waals surface area (Å²) >= 11 is 0. The van der Waals surface area contributed by atoms with Crippen molar-refractivity contribution in [2.24, 2.45) is 0 Å². The van der Waals surface area contributed by atoms with Gasteiger partial charge in [-0.1, -0.05) is 43.3 Å². The van der Waals surface area contributed by atoms with Crippen molar-refractivity contribution in [3.63, 3.8) is 0 Å². The fourth-order valence-corrected chi connectivity index (χ4v) is 2.91. The van der Waals surface area contributed by atoms with Gasteiger partial charge in [0.05, 0.1) is 0 Å². The van der Waals surface area contributed by atoms with Crippen molar-refractivity contribution in [3.05, 3.63) is 70.5 Å². The second-order valence-electron chi connectivity index (χ2n) is 5.44. The standard InChI is InChI=1S/C18H22FN/c1-12-10-13(2)17(16(19)11-12)18(20-4)14(3)15-8-6-5-7-9-15/h5-11,14,18,20H,1-4H3. The van der Waals surface area contributed by atoms with Gasteiger partial charge in [0.15, 0.2) is 0 Å². The molecule has 0 fully saturated rings. The molecular formula is C18H22FN. The third-order valence-corrected chi connectivity index (χ3v) is 3.93. The summed E-state index contributed by atoms with van der Waals surface area (Å²) in [5.41, 5.74) is 3.95. The Morgan fingerprint density at radius 2 is 1.70 bits per heavy atom. The summed E-state index contributed by atoms with van der Waals surface area (Å²) in [6, 6.07) is 13.9. The van der Waals surface area contributed by atoms with Crippen molar-refractivity contribution in [1.82, 2.24) is 5.32 Å². The van der Waals surface area contributed by atoms with Crippen LogP contribution in [-0.2, 0) is 0 Å². The zero-order valence-electron chi connectivity index (χ0n) is 12.6. The molecule has 20 heavy (non-hydrogen) atoms. The first-order chi connectivity index (χ1) is 9.54. The smallest absolute Gasteiger partial charge is 0.128 e. The zero-order chi connectivity index (χ0) is 14.7. The number of likely N-dealkylation sites (N-methyl/N-ethyl adjacent to an activating group) is 1. The first-order valence-corrected chi connectivity index (χ1v) is 7.03. The van der Waals surface area contributed by atoms with E-state index in [-0.39, 0.29) is 17.8 Å². The number of hydrogen-bond acceptors (Lipinski definition) is 1. The third-order valence-electron chi connectivity index (χ3n) is 3.93. The fourth-order valence-electron chi connectivity index (χ4n) is 2.91. The van der Waals surface area contributed by atoms with Crippen LogP contribution in [0.25, 0.3) is 0 Å². The van der Waals surface area contributed by atoms with Crippen molar-refractivity contribution in [3.8, 4) is 0 Å². The predicted molar refractivity (Wildman–Crippen MR) is 82.5 cm³/mol. The number of nitrogens with one attached hydrogen (secondary N) is 1. The minimum Gasteiger partial charge on any atom is -0.312 e. The monoisotopic (exact) mass is 271 g/mol. The highest BCUT2D eigenvalue weighted by molar-refractivity contribution is 5.37. The molecule has 106 valence electrons. The summed E-state index contributed by atoms with van der Waals surface area (Å²) in [6.45, 7) is 6.04. The highest BCUT2D eigenvalue weighted by atomic mass is 19.1. The number of benzene rings is 2. The highest BCUT2D eigenvalue weighted by Crippen LogP contribution is 2.33. The van der Waals surface area contributed by atoms with Gasteiger partial charge in [-0.3, -0.25) is 0 Å². The molecule has 1 nitrogen and oxygen atoms in total. The summed E-state index contributed by atoms with van der Waals surface area (Å²) in [7, 11) is 1.89. The van der Waals surface area contributed by atoms with Crippen molar-refractivity contribution in [1.29, 1.82) is 0 Å². The van der Waals surface area contributed by atoms with E-state index < -0.39 is 0 Å². The molecule has 1 N–H and O–H groups in total. The minimum absolute atomic E-state index is 0.0296. The van der Waals surface area contributed by atoms with Crippen LogP contribution in [0.4, 0.5) is 4.39 Å². The average molecular weight is 271 g/mol. The summed E-state index contributed by atoms with van der Waals surface area (Å²) in [4.78, 5) is 0. The second kappa shape index (κ2) is 6.19. The lowest BCUT2D eigenvalue weighted by Gasteiger charge is -2.26. The van der Waals surface area contributed by atoms with Crippen LogP contribution in [0.3, 0.4) is 0 Å². The lowest BCUT2D eigenvalue weighted by Crippen LogP contribution is -2.24. The molecule has 2 aromatic rings. The van der Waals surface area contributed by atoms with Crippen molar-refractivity contribution in [2.45, 2.75) is 32.7 Å². The summed E-state index contributed by atoms with van der Waals surface area (Å²) in [6.07, 6.45) is 0. The molecule has 0 aliphatic carbocycles. The average Bonchev–Trinajstić information content (AvgIpc) is 2.43. The van der Waals surface area contributed by atoms with E-state index in [4.69, 9.17) is 0 Å². The van der Waals surface area contributed by atoms with E-state index in [1.807, 2.05) is 45.2 Å². The Hall–Kier alpha value is -1.67. The molecule has 0 amide bonds. The first-order valence-electron chi connectivity index (χ1n) is 7.03. The molecule has 0 heterocycles. The lowest BCUT2D eigenvalue weighted by molar-refractivity contribution is 0.475. The van der Waals surface area contributed by atoms with Gasteiger partial charge in [0.1, 0.15) is 5.82 Å². The number of rotatable bonds is 4. The van der Waals surface area contributed by atoms with Gasteiger partial charge in [-0.2, -0.15) is 0 Å². The van der Waals surface area contributed by atoms with E-state index in [1.54, 1.807) is 6.07 Å². The molecular weight excluding hydrogens is 249 g/mol. The second-order valence-corrected chi connectivity index (χ2v) is 5.44.